The molecule has 0 aromatic carbocycles. The molecule has 0 saturated carbocycles. The second kappa shape index (κ2) is 5.77. The van der Waals surface area contributed by atoms with Crippen LogP contribution in [0.2, 0.25) is 0 Å². The van der Waals surface area contributed by atoms with Crippen molar-refractivity contribution in [1.29, 1.82) is 0 Å². The number of rotatable bonds is 4. The number of carbonyl (C=O) groups is 1. The zero-order valence-corrected chi connectivity index (χ0v) is 12.9. The Bertz CT molecular complexity index is 322. The lowest BCUT2D eigenvalue weighted by Crippen LogP contribution is -2.43. The molecule has 1 heterocycles. The summed E-state index contributed by atoms with van der Waals surface area (Å²) >= 11 is 0. The highest BCUT2D eigenvalue weighted by molar-refractivity contribution is 5.70. The van der Waals surface area contributed by atoms with Gasteiger partial charge >= 0.3 is 5.97 Å². The zero-order valence-electron chi connectivity index (χ0n) is 12.9. The Morgan fingerprint density at radius 3 is 2.42 bits per heavy atom. The second-order valence-electron chi connectivity index (χ2n) is 6.50. The molecule has 1 rings (SSSR count). The first-order valence-electron chi connectivity index (χ1n) is 6.87. The average Bonchev–Trinajstić information content (AvgIpc) is 2.50. The largest absolute Gasteiger partial charge is 0.460 e. The lowest BCUT2D eigenvalue weighted by Gasteiger charge is -2.25. The zero-order chi connectivity index (χ0) is 14.8. The van der Waals surface area contributed by atoms with E-state index in [9.17, 15) is 4.79 Å². The molecule has 2 N–H and O–H groups in total. The number of hydrogen-bond acceptors (Lipinski definition) is 5. The first-order valence-corrected chi connectivity index (χ1v) is 6.87. The van der Waals surface area contributed by atoms with E-state index in [0.717, 1.165) is 6.42 Å². The van der Waals surface area contributed by atoms with Crippen molar-refractivity contribution in [3.05, 3.63) is 0 Å². The average molecular weight is 273 g/mol. The summed E-state index contributed by atoms with van der Waals surface area (Å²) in [6.45, 7) is 11.2. The van der Waals surface area contributed by atoms with Crippen LogP contribution in [0.4, 0.5) is 0 Å². The van der Waals surface area contributed by atoms with Crippen LogP contribution in [0.1, 0.15) is 54.4 Å². The van der Waals surface area contributed by atoms with E-state index in [4.69, 9.17) is 19.9 Å². The SMILES string of the molecule is CC[C@H]1OC(C)(C)O[C@H]1[C@H](N)CC(=O)OC(C)(C)C. The van der Waals surface area contributed by atoms with Crippen molar-refractivity contribution in [1.82, 2.24) is 0 Å². The number of ether oxygens (including phenoxy) is 3. The Labute approximate surface area is 115 Å². The van der Waals surface area contributed by atoms with Crippen LogP contribution in [0.5, 0.6) is 0 Å². The maximum atomic E-state index is 11.8. The maximum absolute atomic E-state index is 11.8. The van der Waals surface area contributed by atoms with Gasteiger partial charge in [-0.1, -0.05) is 6.92 Å². The van der Waals surface area contributed by atoms with Crippen LogP contribution in [-0.2, 0) is 19.0 Å². The van der Waals surface area contributed by atoms with E-state index < -0.39 is 17.4 Å². The number of esters is 1. The molecule has 0 aromatic rings. The van der Waals surface area contributed by atoms with Crippen molar-refractivity contribution >= 4 is 5.97 Å². The second-order valence-corrected chi connectivity index (χ2v) is 6.50. The molecule has 19 heavy (non-hydrogen) atoms. The van der Waals surface area contributed by atoms with Crippen LogP contribution >= 0.6 is 0 Å². The maximum Gasteiger partial charge on any atom is 0.307 e. The molecule has 1 saturated heterocycles. The molecule has 0 aromatic heterocycles. The van der Waals surface area contributed by atoms with Crippen molar-refractivity contribution in [2.75, 3.05) is 0 Å². The monoisotopic (exact) mass is 273 g/mol. The number of hydrogen-bond donors (Lipinski definition) is 1. The Morgan fingerprint density at radius 1 is 1.37 bits per heavy atom. The van der Waals surface area contributed by atoms with Gasteiger partial charge in [0.25, 0.3) is 0 Å². The molecule has 112 valence electrons. The van der Waals surface area contributed by atoms with Crippen LogP contribution in [0.15, 0.2) is 0 Å². The van der Waals surface area contributed by atoms with E-state index in [1.54, 1.807) is 0 Å². The summed E-state index contributed by atoms with van der Waals surface area (Å²) in [6, 6.07) is -0.415. The molecule has 0 aliphatic carbocycles. The van der Waals surface area contributed by atoms with Gasteiger partial charge in [0.05, 0.1) is 12.5 Å². The van der Waals surface area contributed by atoms with Crippen molar-refractivity contribution in [3.63, 3.8) is 0 Å². The summed E-state index contributed by atoms with van der Waals surface area (Å²) < 4.78 is 16.8. The van der Waals surface area contributed by atoms with E-state index in [2.05, 4.69) is 0 Å². The molecule has 0 spiro atoms. The predicted molar refractivity (Wildman–Crippen MR) is 72.6 cm³/mol. The summed E-state index contributed by atoms with van der Waals surface area (Å²) in [5.41, 5.74) is 5.59. The molecule has 5 heteroatoms. The third-order valence-electron chi connectivity index (χ3n) is 2.87. The van der Waals surface area contributed by atoms with Crippen LogP contribution < -0.4 is 5.73 Å². The topological polar surface area (TPSA) is 70.8 Å². The minimum absolute atomic E-state index is 0.0764. The minimum Gasteiger partial charge on any atom is -0.460 e. The summed E-state index contributed by atoms with van der Waals surface area (Å²) in [7, 11) is 0. The minimum atomic E-state index is -0.642. The van der Waals surface area contributed by atoms with Gasteiger partial charge in [-0.25, -0.2) is 0 Å². The summed E-state index contributed by atoms with van der Waals surface area (Å²) in [5, 5.41) is 0. The van der Waals surface area contributed by atoms with Crippen molar-refractivity contribution in [3.8, 4) is 0 Å². The van der Waals surface area contributed by atoms with E-state index in [1.807, 2.05) is 41.5 Å². The normalized spacial score (nSPS) is 28.2. The van der Waals surface area contributed by atoms with Gasteiger partial charge in [-0.15, -0.1) is 0 Å². The quantitative estimate of drug-likeness (QED) is 0.793. The van der Waals surface area contributed by atoms with E-state index in [1.165, 1.54) is 0 Å². The Kier molecular flexibility index (Phi) is 4.98. The fraction of sp³-hybridized carbons (Fsp3) is 0.929. The van der Waals surface area contributed by atoms with Gasteiger partial charge < -0.3 is 19.9 Å². The van der Waals surface area contributed by atoms with E-state index >= 15 is 0 Å². The van der Waals surface area contributed by atoms with Gasteiger partial charge in [0, 0.05) is 6.04 Å². The number of nitrogens with two attached hydrogens (primary N) is 1. The van der Waals surface area contributed by atoms with Gasteiger partial charge in [-0.3, -0.25) is 4.79 Å². The molecule has 0 radical (unpaired) electrons. The van der Waals surface area contributed by atoms with Crippen molar-refractivity contribution in [2.24, 2.45) is 5.73 Å². The van der Waals surface area contributed by atoms with Crippen LogP contribution in [0.25, 0.3) is 0 Å². The highest BCUT2D eigenvalue weighted by atomic mass is 16.8. The third-order valence-corrected chi connectivity index (χ3v) is 2.87. The third kappa shape index (κ3) is 5.09. The molecule has 1 fully saturated rings. The Morgan fingerprint density at radius 2 is 1.95 bits per heavy atom. The van der Waals surface area contributed by atoms with Gasteiger partial charge in [0.1, 0.15) is 11.7 Å². The van der Waals surface area contributed by atoms with Crippen LogP contribution in [-0.4, -0.2) is 35.6 Å². The van der Waals surface area contributed by atoms with Gasteiger partial charge in [0.2, 0.25) is 0 Å². The molecule has 0 bridgehead atoms. The summed E-state index contributed by atoms with van der Waals surface area (Å²) in [4.78, 5) is 11.8. The molecule has 1 aliphatic heterocycles. The molecule has 1 aliphatic rings. The smallest absolute Gasteiger partial charge is 0.307 e. The first-order chi connectivity index (χ1) is 8.54. The highest BCUT2D eigenvalue weighted by Crippen LogP contribution is 2.31. The molecule has 3 atom stereocenters. The standard InChI is InChI=1S/C14H27NO4/c1-7-10-12(19-14(5,6)17-10)9(15)8-11(16)18-13(2,3)4/h9-10,12H,7-8,15H2,1-6H3/t9-,10-,12+/m1/s1. The predicted octanol–water partition coefficient (Wildman–Crippen LogP) is 1.98. The number of carbonyl (C=O) groups excluding carboxylic acids is 1. The molecule has 0 amide bonds. The lowest BCUT2D eigenvalue weighted by atomic mass is 10.0. The van der Waals surface area contributed by atoms with Crippen molar-refractivity contribution in [2.45, 2.75) is 84.0 Å². The summed E-state index contributed by atoms with van der Waals surface area (Å²) in [5.74, 6) is -0.945. The molecule has 5 nitrogen and oxygen atoms in total. The Hall–Kier alpha value is -0.650. The van der Waals surface area contributed by atoms with E-state index in [-0.39, 0.29) is 24.6 Å². The van der Waals surface area contributed by atoms with Gasteiger partial charge in [-0.2, -0.15) is 0 Å². The Balaban J connectivity index is 2.58. The molecular weight excluding hydrogens is 246 g/mol. The molecular formula is C14H27NO4. The van der Waals surface area contributed by atoms with Crippen LogP contribution in [0.3, 0.4) is 0 Å². The van der Waals surface area contributed by atoms with Crippen molar-refractivity contribution < 1.29 is 19.0 Å². The highest BCUT2D eigenvalue weighted by Gasteiger charge is 2.43. The summed E-state index contributed by atoms with van der Waals surface area (Å²) in [6.07, 6.45) is 0.591. The first kappa shape index (κ1) is 16.4. The fourth-order valence-electron chi connectivity index (χ4n) is 2.23. The van der Waals surface area contributed by atoms with Crippen LogP contribution in [0, 0.1) is 0 Å². The molecule has 0 unspecified atom stereocenters. The van der Waals surface area contributed by atoms with E-state index in [0.29, 0.717) is 0 Å². The van der Waals surface area contributed by atoms with Gasteiger partial charge in [0.15, 0.2) is 5.79 Å². The van der Waals surface area contributed by atoms with Gasteiger partial charge in [-0.05, 0) is 41.0 Å². The fourth-order valence-corrected chi connectivity index (χ4v) is 2.23. The lowest BCUT2D eigenvalue weighted by molar-refractivity contribution is -0.159.